The standard InChI is InChI=1S/2C7H5NO4.4C4H6N2.2O.2V/c2*9-6(10)4-2-1-3-5(8-4)7(11)12;4*1-6-3-2-5-4-6;;;;/h2*1-3H,(H,9,10)(H,11,12);4*2-4H,1H3;;;;/q;;;;;;2*-2;2*+4/p-4. The summed E-state index contributed by atoms with van der Waals surface area (Å²) in [5.74, 6) is -6.06. The van der Waals surface area contributed by atoms with Crippen LogP contribution >= 0.6 is 0 Å². The molecule has 22 heteroatoms. The van der Waals surface area contributed by atoms with Gasteiger partial charge >= 0.3 is 37.1 Å². The maximum Gasteiger partial charge on any atom is 4.00 e. The number of carbonyl (C=O) groups is 4. The van der Waals surface area contributed by atoms with Crippen LogP contribution in [-0.2, 0) is 76.3 Å². The van der Waals surface area contributed by atoms with E-state index in [0.717, 1.165) is 24.3 Å². The number of nitrogens with zero attached hydrogens (tertiary/aromatic N) is 10. The summed E-state index contributed by atoms with van der Waals surface area (Å²) in [6.07, 6.45) is 21.6. The number of aryl methyl sites for hydroxylation is 4. The van der Waals surface area contributed by atoms with E-state index in [1.54, 1.807) is 50.1 Å². The van der Waals surface area contributed by atoms with Gasteiger partial charge in [0, 0.05) is 77.8 Å². The molecule has 0 amide bonds. The molecule has 0 aliphatic rings. The van der Waals surface area contributed by atoms with E-state index >= 15 is 0 Å². The van der Waals surface area contributed by atoms with Crippen LogP contribution in [0.1, 0.15) is 42.0 Å². The molecule has 6 heterocycles. The van der Waals surface area contributed by atoms with Crippen molar-refractivity contribution < 1.29 is 87.7 Å². The number of imidazole rings is 4. The number of hydrogen-bond donors (Lipinski definition) is 0. The van der Waals surface area contributed by atoms with Gasteiger partial charge in [0.1, 0.15) is 0 Å². The van der Waals surface area contributed by atoms with Crippen LogP contribution in [0.4, 0.5) is 0 Å². The van der Waals surface area contributed by atoms with Crippen LogP contribution in [0.2, 0.25) is 0 Å². The molecule has 0 aromatic carbocycles. The molecular weight excluding hydrogens is 762 g/mol. The Morgan fingerprint density at radius 3 is 0.731 bits per heavy atom. The fraction of sp³-hybridized carbons (Fsp3) is 0.133. The Hall–Kier alpha value is -5.89. The van der Waals surface area contributed by atoms with Gasteiger partial charge in [-0.15, -0.1) is 0 Å². The number of aromatic nitrogens is 10. The molecular formula is C30H30N10O10V2. The summed E-state index contributed by atoms with van der Waals surface area (Å²) in [6.45, 7) is 0. The molecule has 20 nitrogen and oxygen atoms in total. The second-order valence-corrected chi connectivity index (χ2v) is 8.88. The van der Waals surface area contributed by atoms with E-state index < -0.39 is 46.7 Å². The van der Waals surface area contributed by atoms with Crippen molar-refractivity contribution in [3.05, 3.63) is 134 Å². The number of pyridine rings is 2. The third kappa shape index (κ3) is 24.3. The van der Waals surface area contributed by atoms with Crippen LogP contribution in [-0.4, -0.2) is 72.0 Å². The van der Waals surface area contributed by atoms with Crippen LogP contribution in [0.5, 0.6) is 0 Å². The van der Waals surface area contributed by atoms with Gasteiger partial charge in [0.05, 0.1) is 72.0 Å². The van der Waals surface area contributed by atoms with Crippen LogP contribution in [0, 0.1) is 0 Å². The minimum Gasteiger partial charge on any atom is -2.00 e. The second-order valence-electron chi connectivity index (χ2n) is 8.88. The molecule has 6 aromatic heterocycles. The van der Waals surface area contributed by atoms with Crippen LogP contribution in [0.3, 0.4) is 0 Å². The molecule has 52 heavy (non-hydrogen) atoms. The molecule has 6 aromatic rings. The van der Waals surface area contributed by atoms with Gasteiger partial charge in [-0.05, 0) is 24.3 Å². The smallest absolute Gasteiger partial charge is 2.00 e. The predicted octanol–water partition coefficient (Wildman–Crippen LogP) is -2.94. The van der Waals surface area contributed by atoms with Gasteiger partial charge in [-0.2, -0.15) is 0 Å². The predicted molar refractivity (Wildman–Crippen MR) is 160 cm³/mol. The summed E-state index contributed by atoms with van der Waals surface area (Å²) < 4.78 is 7.56. The van der Waals surface area contributed by atoms with E-state index in [1.165, 1.54) is 12.1 Å². The van der Waals surface area contributed by atoms with Gasteiger partial charge in [-0.25, -0.2) is 29.9 Å². The molecule has 0 spiro atoms. The van der Waals surface area contributed by atoms with E-state index in [4.69, 9.17) is 0 Å². The molecule has 270 valence electrons. The maximum atomic E-state index is 10.2. The monoisotopic (exact) mass is 792 g/mol. The van der Waals surface area contributed by atoms with Crippen molar-refractivity contribution in [1.29, 1.82) is 0 Å². The van der Waals surface area contributed by atoms with E-state index in [1.807, 2.05) is 71.2 Å². The van der Waals surface area contributed by atoms with Crippen molar-refractivity contribution in [3.63, 3.8) is 0 Å². The Morgan fingerprint density at radius 2 is 0.635 bits per heavy atom. The Bertz CT molecular complexity index is 1530. The summed E-state index contributed by atoms with van der Waals surface area (Å²) in [4.78, 5) is 62.4. The Morgan fingerprint density at radius 1 is 0.442 bits per heavy atom. The quantitative estimate of drug-likeness (QED) is 0.172. The molecule has 0 aliphatic heterocycles. The molecule has 0 saturated heterocycles. The maximum absolute atomic E-state index is 10.2. The molecule has 0 fully saturated rings. The molecule has 0 saturated carbocycles. The van der Waals surface area contributed by atoms with E-state index in [0.29, 0.717) is 0 Å². The first kappa shape index (κ1) is 52.9. The van der Waals surface area contributed by atoms with Gasteiger partial charge in [-0.3, -0.25) is 0 Å². The van der Waals surface area contributed by atoms with Crippen LogP contribution < -0.4 is 20.4 Å². The second kappa shape index (κ2) is 30.0. The first-order valence-corrected chi connectivity index (χ1v) is 13.3. The molecule has 0 aliphatic carbocycles. The number of carbonyl (C=O) groups excluding carboxylic acids is 4. The van der Waals surface area contributed by atoms with Crippen LogP contribution in [0.25, 0.3) is 0 Å². The SMILES string of the molecule is Cn1ccnc1.Cn1ccnc1.Cn1ccnc1.Cn1ccnc1.O=C([O-])c1cccc(C(=O)[O-])n1.O=C([O-])c1cccc(C(=O)[O-])n1.[O-2].[O-2].[V+4].[V+4]. The molecule has 0 bridgehead atoms. The third-order valence-corrected chi connectivity index (χ3v) is 4.88. The Kier molecular flexibility index (Phi) is 30.5. The number of rotatable bonds is 4. The molecule has 6 rings (SSSR count). The Labute approximate surface area is 320 Å². The first-order chi connectivity index (χ1) is 22.8. The molecule has 0 unspecified atom stereocenters. The van der Waals surface area contributed by atoms with Gasteiger partial charge in [0.2, 0.25) is 0 Å². The fourth-order valence-electron chi connectivity index (χ4n) is 2.63. The van der Waals surface area contributed by atoms with E-state index in [2.05, 4.69) is 29.9 Å². The van der Waals surface area contributed by atoms with Crippen molar-refractivity contribution in [3.8, 4) is 0 Å². The van der Waals surface area contributed by atoms with Crippen molar-refractivity contribution in [2.75, 3.05) is 0 Å². The minimum atomic E-state index is -1.52. The summed E-state index contributed by atoms with van der Waals surface area (Å²) in [7, 11) is 7.75. The van der Waals surface area contributed by atoms with Crippen molar-refractivity contribution in [2.45, 2.75) is 0 Å². The normalized spacial score (nSPS) is 8.38. The third-order valence-electron chi connectivity index (χ3n) is 4.88. The zero-order valence-electron chi connectivity index (χ0n) is 27.8. The molecule has 0 atom stereocenters. The summed E-state index contributed by atoms with van der Waals surface area (Å²) in [6, 6.07) is 7.07. The van der Waals surface area contributed by atoms with Gasteiger partial charge in [0.25, 0.3) is 0 Å². The van der Waals surface area contributed by atoms with Crippen molar-refractivity contribution in [1.82, 2.24) is 48.2 Å². The van der Waals surface area contributed by atoms with Crippen LogP contribution in [0.15, 0.2) is 111 Å². The summed E-state index contributed by atoms with van der Waals surface area (Å²) >= 11 is 0. The van der Waals surface area contributed by atoms with Gasteiger partial charge < -0.3 is 68.8 Å². The van der Waals surface area contributed by atoms with E-state index in [-0.39, 0.29) is 48.1 Å². The number of carboxylic acid groups (broad SMARTS) is 4. The number of hydrogen-bond acceptors (Lipinski definition) is 14. The van der Waals surface area contributed by atoms with Crippen molar-refractivity contribution in [2.24, 2.45) is 28.2 Å². The fourth-order valence-corrected chi connectivity index (χ4v) is 2.63. The largest absolute Gasteiger partial charge is 4.00 e. The van der Waals surface area contributed by atoms with Crippen molar-refractivity contribution >= 4 is 23.9 Å². The summed E-state index contributed by atoms with van der Waals surface area (Å²) in [5.41, 5.74) is -1.68. The van der Waals surface area contributed by atoms with Gasteiger partial charge in [0.15, 0.2) is 0 Å². The van der Waals surface area contributed by atoms with Gasteiger partial charge in [-0.1, -0.05) is 12.1 Å². The minimum absolute atomic E-state index is 0. The summed E-state index contributed by atoms with van der Waals surface area (Å²) in [5, 5.41) is 40.8. The number of aromatic carboxylic acids is 4. The zero-order valence-corrected chi connectivity index (χ0v) is 30.6. The molecule has 2 radical (unpaired) electrons. The Balaban J connectivity index is -0.000000269. The molecule has 0 N–H and O–H groups in total. The average molecular weight is 793 g/mol. The number of carboxylic acids is 4. The zero-order chi connectivity index (χ0) is 35.9. The van der Waals surface area contributed by atoms with E-state index in [9.17, 15) is 39.6 Å². The first-order valence-electron chi connectivity index (χ1n) is 13.3. The topological polar surface area (TPSA) is 315 Å². The average Bonchev–Trinajstić information content (AvgIpc) is 3.91.